The van der Waals surface area contributed by atoms with E-state index in [2.05, 4.69) is 10.3 Å². The van der Waals surface area contributed by atoms with Crippen LogP contribution in [0.25, 0.3) is 0 Å². The van der Waals surface area contributed by atoms with Gasteiger partial charge in [-0.15, -0.1) is 0 Å². The maximum Gasteiger partial charge on any atom is 0.267 e. The van der Waals surface area contributed by atoms with Gasteiger partial charge in [0, 0.05) is 31.5 Å². The second kappa shape index (κ2) is 6.08. The van der Waals surface area contributed by atoms with Gasteiger partial charge < -0.3 is 15.0 Å². The SMILES string of the molecule is CC1Oc2ccc(C(=O)NCc3cccnc3)cc2N(C)C1=O. The minimum absolute atomic E-state index is 0.134. The van der Waals surface area contributed by atoms with E-state index in [9.17, 15) is 9.59 Å². The molecule has 0 saturated carbocycles. The number of likely N-dealkylation sites (N-methyl/N-ethyl adjacent to an activating group) is 1. The fraction of sp³-hybridized carbons (Fsp3) is 0.235. The minimum Gasteiger partial charge on any atom is -0.479 e. The summed E-state index contributed by atoms with van der Waals surface area (Å²) >= 11 is 0. The van der Waals surface area contributed by atoms with Crippen LogP contribution in [-0.4, -0.2) is 29.9 Å². The number of hydrogen-bond acceptors (Lipinski definition) is 4. The lowest BCUT2D eigenvalue weighted by atomic mass is 10.1. The molecule has 1 aromatic heterocycles. The van der Waals surface area contributed by atoms with Crippen LogP contribution in [0.2, 0.25) is 0 Å². The predicted molar refractivity (Wildman–Crippen MR) is 85.3 cm³/mol. The van der Waals surface area contributed by atoms with Crippen molar-refractivity contribution in [2.24, 2.45) is 0 Å². The van der Waals surface area contributed by atoms with Gasteiger partial charge in [0.25, 0.3) is 11.8 Å². The first kappa shape index (κ1) is 15.0. The Kier molecular flexibility index (Phi) is 3.97. The predicted octanol–water partition coefficient (Wildman–Crippen LogP) is 1.76. The Hall–Kier alpha value is -2.89. The van der Waals surface area contributed by atoms with Gasteiger partial charge in [0.05, 0.1) is 5.69 Å². The lowest BCUT2D eigenvalue weighted by molar-refractivity contribution is -0.125. The van der Waals surface area contributed by atoms with Gasteiger partial charge in [-0.2, -0.15) is 0 Å². The average molecular weight is 311 g/mol. The van der Waals surface area contributed by atoms with Gasteiger partial charge in [-0.1, -0.05) is 6.07 Å². The van der Waals surface area contributed by atoms with Crippen molar-refractivity contribution in [2.75, 3.05) is 11.9 Å². The van der Waals surface area contributed by atoms with Crippen LogP contribution in [0.15, 0.2) is 42.7 Å². The highest BCUT2D eigenvalue weighted by atomic mass is 16.5. The number of nitrogens with zero attached hydrogens (tertiary/aromatic N) is 2. The molecule has 1 unspecified atom stereocenters. The summed E-state index contributed by atoms with van der Waals surface area (Å²) in [6.07, 6.45) is 2.87. The Labute approximate surface area is 134 Å². The highest BCUT2D eigenvalue weighted by Gasteiger charge is 2.29. The van der Waals surface area contributed by atoms with Crippen molar-refractivity contribution >= 4 is 17.5 Å². The van der Waals surface area contributed by atoms with E-state index >= 15 is 0 Å². The Balaban J connectivity index is 1.76. The van der Waals surface area contributed by atoms with E-state index in [0.29, 0.717) is 23.5 Å². The number of hydrogen-bond donors (Lipinski definition) is 1. The molecule has 6 nitrogen and oxygen atoms in total. The van der Waals surface area contributed by atoms with Gasteiger partial charge in [0.1, 0.15) is 5.75 Å². The molecular weight excluding hydrogens is 294 g/mol. The summed E-state index contributed by atoms with van der Waals surface area (Å²) < 4.78 is 5.55. The number of carbonyl (C=O) groups is 2. The quantitative estimate of drug-likeness (QED) is 0.937. The van der Waals surface area contributed by atoms with Gasteiger partial charge in [-0.25, -0.2) is 0 Å². The molecule has 0 radical (unpaired) electrons. The highest BCUT2D eigenvalue weighted by molar-refractivity contribution is 6.02. The van der Waals surface area contributed by atoms with Crippen molar-refractivity contribution in [3.8, 4) is 5.75 Å². The molecule has 0 saturated heterocycles. The highest BCUT2D eigenvalue weighted by Crippen LogP contribution is 2.33. The molecule has 1 aromatic carbocycles. The van der Waals surface area contributed by atoms with Gasteiger partial charge in [0.15, 0.2) is 6.10 Å². The molecule has 0 aliphatic carbocycles. The Morgan fingerprint density at radius 1 is 1.39 bits per heavy atom. The van der Waals surface area contributed by atoms with Crippen LogP contribution in [0.5, 0.6) is 5.75 Å². The molecule has 0 fully saturated rings. The van der Waals surface area contributed by atoms with Crippen molar-refractivity contribution in [3.63, 3.8) is 0 Å². The maximum absolute atomic E-state index is 12.3. The van der Waals surface area contributed by atoms with Crippen LogP contribution in [0.1, 0.15) is 22.8 Å². The van der Waals surface area contributed by atoms with E-state index < -0.39 is 6.10 Å². The molecule has 2 aromatic rings. The van der Waals surface area contributed by atoms with Crippen LogP contribution in [0.3, 0.4) is 0 Å². The zero-order chi connectivity index (χ0) is 16.4. The minimum atomic E-state index is -0.516. The third-order valence-electron chi connectivity index (χ3n) is 3.74. The zero-order valence-corrected chi connectivity index (χ0v) is 12.9. The van der Waals surface area contributed by atoms with Crippen molar-refractivity contribution in [3.05, 3.63) is 53.9 Å². The number of carbonyl (C=O) groups excluding carboxylic acids is 2. The summed E-state index contributed by atoms with van der Waals surface area (Å²) in [6.45, 7) is 2.10. The molecular formula is C17H17N3O3. The molecule has 118 valence electrons. The third-order valence-corrected chi connectivity index (χ3v) is 3.74. The molecule has 3 rings (SSSR count). The van der Waals surface area contributed by atoms with E-state index in [1.165, 1.54) is 4.90 Å². The summed E-state index contributed by atoms with van der Waals surface area (Å²) in [7, 11) is 1.68. The number of fused-ring (bicyclic) bond motifs is 1. The fourth-order valence-corrected chi connectivity index (χ4v) is 2.44. The lowest BCUT2D eigenvalue weighted by Gasteiger charge is -2.30. The van der Waals surface area contributed by atoms with E-state index in [1.54, 1.807) is 44.6 Å². The zero-order valence-electron chi connectivity index (χ0n) is 12.9. The van der Waals surface area contributed by atoms with Crippen LogP contribution in [0, 0.1) is 0 Å². The number of benzene rings is 1. The summed E-state index contributed by atoms with van der Waals surface area (Å²) in [6, 6.07) is 8.78. The molecule has 1 aliphatic heterocycles. The van der Waals surface area contributed by atoms with Crippen molar-refractivity contribution in [1.29, 1.82) is 0 Å². The molecule has 2 amide bonds. The molecule has 1 aliphatic rings. The number of pyridine rings is 1. The second-order valence-electron chi connectivity index (χ2n) is 5.38. The van der Waals surface area contributed by atoms with Crippen molar-refractivity contribution in [1.82, 2.24) is 10.3 Å². The Morgan fingerprint density at radius 2 is 2.22 bits per heavy atom. The summed E-state index contributed by atoms with van der Waals surface area (Å²) in [5, 5.41) is 2.83. The normalized spacial score (nSPS) is 16.5. The van der Waals surface area contributed by atoms with E-state index in [-0.39, 0.29) is 11.8 Å². The smallest absolute Gasteiger partial charge is 0.267 e. The molecule has 1 atom stereocenters. The molecule has 0 spiro atoms. The van der Waals surface area contributed by atoms with Gasteiger partial charge in [-0.3, -0.25) is 14.6 Å². The van der Waals surface area contributed by atoms with Crippen LogP contribution >= 0.6 is 0 Å². The molecule has 2 heterocycles. The number of nitrogens with one attached hydrogen (secondary N) is 1. The van der Waals surface area contributed by atoms with Gasteiger partial charge >= 0.3 is 0 Å². The first-order chi connectivity index (χ1) is 11.1. The number of anilines is 1. The Bertz CT molecular complexity index is 746. The van der Waals surface area contributed by atoms with Crippen molar-refractivity contribution in [2.45, 2.75) is 19.6 Å². The average Bonchev–Trinajstić information content (AvgIpc) is 2.58. The summed E-state index contributed by atoms with van der Waals surface area (Å²) in [5.74, 6) is 0.255. The fourth-order valence-electron chi connectivity index (χ4n) is 2.44. The van der Waals surface area contributed by atoms with Gasteiger partial charge in [0.2, 0.25) is 0 Å². The second-order valence-corrected chi connectivity index (χ2v) is 5.38. The standard InChI is InChI=1S/C17H17N3O3/c1-11-17(22)20(2)14-8-13(5-6-15(14)23-11)16(21)19-10-12-4-3-7-18-9-12/h3-9,11H,10H2,1-2H3,(H,19,21). The summed E-state index contributed by atoms with van der Waals surface area (Å²) in [4.78, 5) is 29.8. The number of ether oxygens (including phenoxy) is 1. The first-order valence-corrected chi connectivity index (χ1v) is 7.31. The Morgan fingerprint density at radius 3 is 2.96 bits per heavy atom. The maximum atomic E-state index is 12.3. The number of rotatable bonds is 3. The first-order valence-electron chi connectivity index (χ1n) is 7.31. The van der Waals surface area contributed by atoms with E-state index in [1.807, 2.05) is 12.1 Å². The van der Waals surface area contributed by atoms with Crippen LogP contribution < -0.4 is 15.0 Å². The third kappa shape index (κ3) is 3.01. The molecule has 23 heavy (non-hydrogen) atoms. The summed E-state index contributed by atoms with van der Waals surface area (Å²) in [5.41, 5.74) is 2.00. The lowest BCUT2D eigenvalue weighted by Crippen LogP contribution is -2.42. The monoisotopic (exact) mass is 311 g/mol. The van der Waals surface area contributed by atoms with Crippen LogP contribution in [-0.2, 0) is 11.3 Å². The number of amides is 2. The molecule has 1 N–H and O–H groups in total. The largest absolute Gasteiger partial charge is 0.479 e. The van der Waals surface area contributed by atoms with Crippen LogP contribution in [0.4, 0.5) is 5.69 Å². The van der Waals surface area contributed by atoms with E-state index in [0.717, 1.165) is 5.56 Å². The van der Waals surface area contributed by atoms with Crippen molar-refractivity contribution < 1.29 is 14.3 Å². The van der Waals surface area contributed by atoms with E-state index in [4.69, 9.17) is 4.74 Å². The molecule has 6 heteroatoms. The number of aromatic nitrogens is 1. The molecule has 0 bridgehead atoms. The topological polar surface area (TPSA) is 71.5 Å². The van der Waals surface area contributed by atoms with Gasteiger partial charge in [-0.05, 0) is 36.8 Å².